The number of benzene rings is 2. The number of para-hydroxylation sites is 1. The first kappa shape index (κ1) is 20.1. The number of nitrogens with zero attached hydrogens (tertiary/aromatic N) is 2. The van der Waals surface area contributed by atoms with Crippen molar-refractivity contribution in [3.05, 3.63) is 76.8 Å². The molecular formula is C21H22Cl2N2OS. The molecule has 0 N–H and O–H groups in total. The molecule has 3 aromatic rings. The number of rotatable bonds is 9. The van der Waals surface area contributed by atoms with E-state index in [0.29, 0.717) is 10.0 Å². The van der Waals surface area contributed by atoms with Crippen molar-refractivity contribution >= 4 is 35.0 Å². The molecule has 0 aliphatic heterocycles. The number of aromatic nitrogens is 2. The molecule has 6 heteroatoms. The van der Waals surface area contributed by atoms with Crippen molar-refractivity contribution in [2.45, 2.75) is 36.5 Å². The highest BCUT2D eigenvalue weighted by atomic mass is 35.5. The number of hydrogen-bond donors (Lipinski definition) is 0. The molecule has 3 rings (SSSR count). The smallest absolute Gasteiger partial charge is 0.132 e. The summed E-state index contributed by atoms with van der Waals surface area (Å²) in [4.78, 5) is 5.26. The molecule has 2 aromatic carbocycles. The zero-order valence-electron chi connectivity index (χ0n) is 15.1. The lowest BCUT2D eigenvalue weighted by molar-refractivity contribution is 0.302. The van der Waals surface area contributed by atoms with E-state index in [0.717, 1.165) is 42.2 Å². The Morgan fingerprint density at radius 1 is 1.19 bits per heavy atom. The van der Waals surface area contributed by atoms with Gasteiger partial charge in [-0.3, -0.25) is 0 Å². The van der Waals surface area contributed by atoms with Crippen molar-refractivity contribution in [1.29, 1.82) is 0 Å². The van der Waals surface area contributed by atoms with Crippen LogP contribution in [0.4, 0.5) is 0 Å². The molecule has 0 bridgehead atoms. The third-order valence-electron chi connectivity index (χ3n) is 4.12. The molecule has 0 aliphatic carbocycles. The highest BCUT2D eigenvalue weighted by Gasteiger charge is 2.19. The van der Waals surface area contributed by atoms with Crippen LogP contribution >= 0.6 is 35.0 Å². The standard InChI is InChI=1S/C21H22Cl2N2OS/c1-2-3-12-26-19-6-4-5-7-20(19)27-21(14-25-11-10-24-15-25)17-9-8-16(22)13-18(17)23/h4-11,13,15,21H,2-3,12,14H2,1H3. The van der Waals surface area contributed by atoms with Crippen LogP contribution in [0.3, 0.4) is 0 Å². The van der Waals surface area contributed by atoms with E-state index < -0.39 is 0 Å². The first-order valence-corrected chi connectivity index (χ1v) is 10.6. The number of ether oxygens (including phenoxy) is 1. The van der Waals surface area contributed by atoms with Crippen LogP contribution in [-0.2, 0) is 6.54 Å². The molecule has 1 heterocycles. The number of hydrogen-bond acceptors (Lipinski definition) is 3. The number of imidazole rings is 1. The Hall–Kier alpha value is -1.62. The fourth-order valence-electron chi connectivity index (χ4n) is 2.69. The molecule has 3 nitrogen and oxygen atoms in total. The fraction of sp³-hybridized carbons (Fsp3) is 0.286. The normalized spacial score (nSPS) is 12.1. The van der Waals surface area contributed by atoms with E-state index in [4.69, 9.17) is 27.9 Å². The van der Waals surface area contributed by atoms with Gasteiger partial charge in [0.2, 0.25) is 0 Å². The first-order valence-electron chi connectivity index (χ1n) is 8.96. The van der Waals surface area contributed by atoms with E-state index in [1.807, 2.05) is 42.9 Å². The molecule has 27 heavy (non-hydrogen) atoms. The maximum atomic E-state index is 6.52. The van der Waals surface area contributed by atoms with Crippen LogP contribution in [0, 0.1) is 0 Å². The van der Waals surface area contributed by atoms with Crippen LogP contribution < -0.4 is 4.74 Å². The van der Waals surface area contributed by atoms with Crippen LogP contribution in [-0.4, -0.2) is 16.2 Å². The van der Waals surface area contributed by atoms with Crippen molar-refractivity contribution in [2.75, 3.05) is 6.61 Å². The van der Waals surface area contributed by atoms with Crippen LogP contribution in [0.15, 0.2) is 66.1 Å². The van der Waals surface area contributed by atoms with Crippen molar-refractivity contribution in [3.63, 3.8) is 0 Å². The average Bonchev–Trinajstić information content (AvgIpc) is 3.16. The SMILES string of the molecule is CCCCOc1ccccc1SC(Cn1ccnc1)c1ccc(Cl)cc1Cl. The quantitative estimate of drug-likeness (QED) is 0.278. The summed E-state index contributed by atoms with van der Waals surface area (Å²) in [7, 11) is 0. The van der Waals surface area contributed by atoms with E-state index in [1.54, 1.807) is 24.0 Å². The van der Waals surface area contributed by atoms with E-state index in [-0.39, 0.29) is 5.25 Å². The topological polar surface area (TPSA) is 27.1 Å². The molecule has 1 unspecified atom stereocenters. The molecule has 0 saturated heterocycles. The van der Waals surface area contributed by atoms with E-state index in [2.05, 4.69) is 22.5 Å². The van der Waals surface area contributed by atoms with Gasteiger partial charge < -0.3 is 9.30 Å². The van der Waals surface area contributed by atoms with Gasteiger partial charge in [-0.15, -0.1) is 11.8 Å². The van der Waals surface area contributed by atoms with Crippen LogP contribution in [0.5, 0.6) is 5.75 Å². The lowest BCUT2D eigenvalue weighted by Gasteiger charge is -2.21. The molecule has 0 fully saturated rings. The van der Waals surface area contributed by atoms with Crippen LogP contribution in [0.2, 0.25) is 10.0 Å². The zero-order valence-corrected chi connectivity index (χ0v) is 17.5. The van der Waals surface area contributed by atoms with Gasteiger partial charge in [-0.05, 0) is 36.2 Å². The lowest BCUT2D eigenvalue weighted by atomic mass is 10.1. The Morgan fingerprint density at radius 2 is 2.04 bits per heavy atom. The summed E-state index contributed by atoms with van der Waals surface area (Å²) in [5, 5.41) is 1.41. The minimum atomic E-state index is 0.0971. The largest absolute Gasteiger partial charge is 0.492 e. The van der Waals surface area contributed by atoms with Gasteiger partial charge in [-0.25, -0.2) is 4.98 Å². The third kappa shape index (κ3) is 5.68. The Kier molecular flexibility index (Phi) is 7.50. The summed E-state index contributed by atoms with van der Waals surface area (Å²) >= 11 is 14.4. The van der Waals surface area contributed by atoms with Crippen LogP contribution in [0.1, 0.15) is 30.6 Å². The summed E-state index contributed by atoms with van der Waals surface area (Å²) in [6.45, 7) is 3.63. The summed E-state index contributed by atoms with van der Waals surface area (Å²) in [5.74, 6) is 0.914. The molecule has 0 spiro atoms. The van der Waals surface area contributed by atoms with Gasteiger partial charge in [0.1, 0.15) is 5.75 Å². The average molecular weight is 421 g/mol. The molecule has 1 aromatic heterocycles. The maximum absolute atomic E-state index is 6.52. The summed E-state index contributed by atoms with van der Waals surface area (Å²) in [6, 6.07) is 13.8. The maximum Gasteiger partial charge on any atom is 0.132 e. The Labute approximate surface area is 174 Å². The summed E-state index contributed by atoms with van der Waals surface area (Å²) < 4.78 is 8.06. The monoisotopic (exact) mass is 420 g/mol. The molecule has 142 valence electrons. The molecule has 0 aliphatic rings. The lowest BCUT2D eigenvalue weighted by Crippen LogP contribution is -2.06. The Morgan fingerprint density at radius 3 is 2.78 bits per heavy atom. The molecule has 0 radical (unpaired) electrons. The highest BCUT2D eigenvalue weighted by Crippen LogP contribution is 2.43. The highest BCUT2D eigenvalue weighted by molar-refractivity contribution is 7.99. The van der Waals surface area contributed by atoms with Gasteiger partial charge in [-0.1, -0.05) is 54.7 Å². The van der Waals surface area contributed by atoms with Gasteiger partial charge in [0.25, 0.3) is 0 Å². The predicted octanol–water partition coefficient (Wildman–Crippen LogP) is 6.90. The van der Waals surface area contributed by atoms with E-state index >= 15 is 0 Å². The molecule has 1 atom stereocenters. The van der Waals surface area contributed by atoms with Crippen molar-refractivity contribution in [3.8, 4) is 5.75 Å². The second kappa shape index (κ2) is 10.1. The second-order valence-corrected chi connectivity index (χ2v) is 8.27. The molecule has 0 amide bonds. The van der Waals surface area contributed by atoms with Crippen molar-refractivity contribution < 1.29 is 4.74 Å². The van der Waals surface area contributed by atoms with E-state index in [1.165, 1.54) is 0 Å². The third-order valence-corrected chi connectivity index (χ3v) is 5.96. The van der Waals surface area contributed by atoms with Gasteiger partial charge in [-0.2, -0.15) is 0 Å². The van der Waals surface area contributed by atoms with Crippen molar-refractivity contribution in [2.24, 2.45) is 0 Å². The number of unbranched alkanes of at least 4 members (excludes halogenated alkanes) is 1. The summed E-state index contributed by atoms with van der Waals surface area (Å²) in [6.07, 6.45) is 7.72. The van der Waals surface area contributed by atoms with Gasteiger partial charge in [0, 0.05) is 29.0 Å². The number of halogens is 2. The van der Waals surface area contributed by atoms with Gasteiger partial charge >= 0.3 is 0 Å². The van der Waals surface area contributed by atoms with Gasteiger partial charge in [0.05, 0.1) is 23.1 Å². The van der Waals surface area contributed by atoms with Crippen molar-refractivity contribution in [1.82, 2.24) is 9.55 Å². The summed E-state index contributed by atoms with van der Waals surface area (Å²) in [5.41, 5.74) is 1.04. The molecule has 0 saturated carbocycles. The predicted molar refractivity (Wildman–Crippen MR) is 114 cm³/mol. The first-order chi connectivity index (χ1) is 13.2. The molecular weight excluding hydrogens is 399 g/mol. The van der Waals surface area contributed by atoms with Crippen LogP contribution in [0.25, 0.3) is 0 Å². The fourth-order valence-corrected chi connectivity index (χ4v) is 4.59. The number of thioether (sulfide) groups is 1. The minimum absolute atomic E-state index is 0.0971. The van der Waals surface area contributed by atoms with Gasteiger partial charge in [0.15, 0.2) is 0 Å². The zero-order chi connectivity index (χ0) is 19.1. The Bertz CT molecular complexity index is 855. The Balaban J connectivity index is 1.87. The minimum Gasteiger partial charge on any atom is -0.492 e. The van der Waals surface area contributed by atoms with E-state index in [9.17, 15) is 0 Å². The second-order valence-electron chi connectivity index (χ2n) is 6.18.